The quantitative estimate of drug-likeness (QED) is 0.258. The van der Waals surface area contributed by atoms with E-state index in [1.54, 1.807) is 0 Å². The van der Waals surface area contributed by atoms with Crippen molar-refractivity contribution in [3.63, 3.8) is 0 Å². The van der Waals surface area contributed by atoms with E-state index < -0.39 is 10.2 Å². The first-order chi connectivity index (χ1) is 9.27. The summed E-state index contributed by atoms with van der Waals surface area (Å²) in [5.41, 5.74) is 5.56. The van der Waals surface area contributed by atoms with Crippen molar-refractivity contribution in [1.29, 1.82) is 0 Å². The first kappa shape index (κ1) is 17.2. The lowest BCUT2D eigenvalue weighted by Crippen LogP contribution is -2.56. The SMILES string of the molecule is CC(C)CNS(=O)(=O)N1CCN(C(C)C(N)=NO)CC1. The smallest absolute Gasteiger partial charge is 0.279 e. The number of hydrogen-bond donors (Lipinski definition) is 3. The lowest BCUT2D eigenvalue weighted by molar-refractivity contribution is 0.170. The largest absolute Gasteiger partial charge is 0.409 e. The molecule has 0 spiro atoms. The Morgan fingerprint density at radius 2 is 1.85 bits per heavy atom. The Kier molecular flexibility index (Phi) is 6.18. The lowest BCUT2D eigenvalue weighted by Gasteiger charge is -2.36. The summed E-state index contributed by atoms with van der Waals surface area (Å²) in [6, 6.07) is -0.200. The van der Waals surface area contributed by atoms with Crippen molar-refractivity contribution < 1.29 is 13.6 Å². The molecule has 0 aromatic heterocycles. The maximum Gasteiger partial charge on any atom is 0.279 e. The van der Waals surface area contributed by atoms with Gasteiger partial charge in [0.2, 0.25) is 0 Å². The van der Waals surface area contributed by atoms with Crippen molar-refractivity contribution in [2.24, 2.45) is 16.8 Å². The summed E-state index contributed by atoms with van der Waals surface area (Å²) in [5, 5.41) is 11.6. The van der Waals surface area contributed by atoms with Gasteiger partial charge in [-0.25, -0.2) is 4.72 Å². The van der Waals surface area contributed by atoms with Crippen LogP contribution in [-0.2, 0) is 10.2 Å². The second kappa shape index (κ2) is 7.21. The molecule has 9 heteroatoms. The van der Waals surface area contributed by atoms with Gasteiger partial charge in [-0.3, -0.25) is 4.90 Å². The summed E-state index contributed by atoms with van der Waals surface area (Å²) in [6.07, 6.45) is 0. The Labute approximate surface area is 120 Å². The van der Waals surface area contributed by atoms with Crippen LogP contribution in [0.5, 0.6) is 0 Å². The fourth-order valence-electron chi connectivity index (χ4n) is 1.97. The lowest BCUT2D eigenvalue weighted by atomic mass is 10.2. The Morgan fingerprint density at radius 3 is 2.30 bits per heavy atom. The zero-order chi connectivity index (χ0) is 15.3. The highest BCUT2D eigenvalue weighted by molar-refractivity contribution is 7.87. The molecule has 0 aliphatic carbocycles. The molecule has 1 aliphatic heterocycles. The van der Waals surface area contributed by atoms with Gasteiger partial charge in [-0.1, -0.05) is 19.0 Å². The molecule has 0 aromatic rings. The van der Waals surface area contributed by atoms with E-state index in [1.807, 2.05) is 25.7 Å². The molecule has 1 atom stereocenters. The number of hydrogen-bond acceptors (Lipinski definition) is 5. The Hall–Kier alpha value is -0.900. The fourth-order valence-corrected chi connectivity index (χ4v) is 3.34. The highest BCUT2D eigenvalue weighted by Crippen LogP contribution is 2.09. The predicted octanol–water partition coefficient (Wildman–Crippen LogP) is -0.771. The van der Waals surface area contributed by atoms with Crippen LogP contribution in [0.2, 0.25) is 0 Å². The summed E-state index contributed by atoms with van der Waals surface area (Å²) in [7, 11) is -3.41. The van der Waals surface area contributed by atoms with E-state index in [9.17, 15) is 8.42 Å². The van der Waals surface area contributed by atoms with Crippen molar-refractivity contribution in [3.05, 3.63) is 0 Å². The van der Waals surface area contributed by atoms with E-state index >= 15 is 0 Å². The number of nitrogens with two attached hydrogens (primary N) is 1. The first-order valence-corrected chi connectivity index (χ1v) is 8.18. The molecule has 1 heterocycles. The molecule has 8 nitrogen and oxygen atoms in total. The molecule has 20 heavy (non-hydrogen) atoms. The fraction of sp³-hybridized carbons (Fsp3) is 0.909. The van der Waals surface area contributed by atoms with Crippen LogP contribution in [0.1, 0.15) is 20.8 Å². The zero-order valence-corrected chi connectivity index (χ0v) is 13.1. The monoisotopic (exact) mass is 307 g/mol. The van der Waals surface area contributed by atoms with Gasteiger partial charge in [-0.15, -0.1) is 0 Å². The molecule has 1 aliphatic rings. The van der Waals surface area contributed by atoms with Gasteiger partial charge in [0.1, 0.15) is 0 Å². The Bertz CT molecular complexity index is 429. The number of nitrogens with zero attached hydrogens (tertiary/aromatic N) is 3. The van der Waals surface area contributed by atoms with Gasteiger partial charge in [0, 0.05) is 32.7 Å². The second-order valence-corrected chi connectivity index (χ2v) is 7.14. The van der Waals surface area contributed by atoms with Crippen LogP contribution in [-0.4, -0.2) is 67.4 Å². The van der Waals surface area contributed by atoms with Gasteiger partial charge >= 0.3 is 0 Å². The van der Waals surface area contributed by atoms with Crippen molar-refractivity contribution >= 4 is 16.0 Å². The summed E-state index contributed by atoms with van der Waals surface area (Å²) in [5.74, 6) is 0.408. The standard InChI is InChI=1S/C11H25N5O3S/c1-9(2)8-13-20(18,19)16-6-4-15(5-7-16)10(3)11(12)14-17/h9-10,13,17H,4-8H2,1-3H3,(H2,12,14). The summed E-state index contributed by atoms with van der Waals surface area (Å²) in [4.78, 5) is 1.99. The Balaban J connectivity index is 2.53. The summed E-state index contributed by atoms with van der Waals surface area (Å²) in [6.45, 7) is 8.09. The third kappa shape index (κ3) is 4.58. The normalized spacial score (nSPS) is 21.3. The van der Waals surface area contributed by atoms with Crippen LogP contribution in [0.4, 0.5) is 0 Å². The van der Waals surface area contributed by atoms with Crippen LogP contribution in [0.3, 0.4) is 0 Å². The molecule has 1 saturated heterocycles. The summed E-state index contributed by atoms with van der Waals surface area (Å²) < 4.78 is 28.2. The molecule has 0 radical (unpaired) electrons. The zero-order valence-electron chi connectivity index (χ0n) is 12.3. The van der Waals surface area contributed by atoms with Crippen molar-refractivity contribution in [2.45, 2.75) is 26.8 Å². The summed E-state index contributed by atoms with van der Waals surface area (Å²) >= 11 is 0. The van der Waals surface area contributed by atoms with E-state index in [2.05, 4.69) is 9.88 Å². The number of nitrogens with one attached hydrogen (secondary N) is 1. The third-order valence-corrected chi connectivity index (χ3v) is 4.95. The predicted molar refractivity (Wildman–Crippen MR) is 77.8 cm³/mol. The van der Waals surface area contributed by atoms with Crippen molar-refractivity contribution in [1.82, 2.24) is 13.9 Å². The highest BCUT2D eigenvalue weighted by Gasteiger charge is 2.29. The van der Waals surface area contributed by atoms with Crippen LogP contribution in [0.15, 0.2) is 5.16 Å². The van der Waals surface area contributed by atoms with Gasteiger partial charge in [0.15, 0.2) is 5.84 Å². The van der Waals surface area contributed by atoms with Gasteiger partial charge in [0.05, 0.1) is 6.04 Å². The van der Waals surface area contributed by atoms with E-state index in [1.165, 1.54) is 4.31 Å². The Morgan fingerprint density at radius 1 is 1.30 bits per heavy atom. The molecule has 1 rings (SSSR count). The second-order valence-electron chi connectivity index (χ2n) is 5.38. The van der Waals surface area contributed by atoms with Gasteiger partial charge < -0.3 is 10.9 Å². The van der Waals surface area contributed by atoms with Gasteiger partial charge in [0.25, 0.3) is 10.2 Å². The minimum atomic E-state index is -3.41. The number of amidine groups is 1. The molecule has 0 aromatic carbocycles. The van der Waals surface area contributed by atoms with Gasteiger partial charge in [-0.05, 0) is 12.8 Å². The number of piperazine rings is 1. The van der Waals surface area contributed by atoms with Crippen LogP contribution in [0.25, 0.3) is 0 Å². The molecule has 1 unspecified atom stereocenters. The average Bonchev–Trinajstić information content (AvgIpc) is 2.43. The number of oxime groups is 1. The van der Waals surface area contributed by atoms with E-state index in [-0.39, 0.29) is 17.8 Å². The molecule has 118 valence electrons. The highest BCUT2D eigenvalue weighted by atomic mass is 32.2. The third-order valence-electron chi connectivity index (χ3n) is 3.38. The molecule has 0 saturated carbocycles. The minimum Gasteiger partial charge on any atom is -0.409 e. The first-order valence-electron chi connectivity index (χ1n) is 6.74. The van der Waals surface area contributed by atoms with Crippen LogP contribution < -0.4 is 10.5 Å². The average molecular weight is 307 g/mol. The maximum atomic E-state index is 12.1. The molecule has 4 N–H and O–H groups in total. The molecular formula is C11H25N5O3S. The van der Waals surface area contributed by atoms with Crippen molar-refractivity contribution in [3.8, 4) is 0 Å². The van der Waals surface area contributed by atoms with E-state index in [0.29, 0.717) is 32.7 Å². The van der Waals surface area contributed by atoms with Gasteiger partial charge in [-0.2, -0.15) is 12.7 Å². The molecular weight excluding hydrogens is 282 g/mol. The van der Waals surface area contributed by atoms with Crippen LogP contribution >= 0.6 is 0 Å². The molecule has 0 amide bonds. The topological polar surface area (TPSA) is 111 Å². The van der Waals surface area contributed by atoms with E-state index in [4.69, 9.17) is 10.9 Å². The van der Waals surface area contributed by atoms with Crippen LogP contribution in [0, 0.1) is 5.92 Å². The molecule has 1 fully saturated rings. The number of rotatable bonds is 6. The van der Waals surface area contributed by atoms with E-state index in [0.717, 1.165) is 0 Å². The molecule has 0 bridgehead atoms. The minimum absolute atomic E-state index is 0.138. The van der Waals surface area contributed by atoms with Crippen molar-refractivity contribution in [2.75, 3.05) is 32.7 Å². The maximum absolute atomic E-state index is 12.1.